The lowest BCUT2D eigenvalue weighted by Crippen LogP contribution is -2.37. The second kappa shape index (κ2) is 4.34. The molecule has 0 spiro atoms. The van der Waals surface area contributed by atoms with Crippen LogP contribution in [0.3, 0.4) is 0 Å². The third kappa shape index (κ3) is 2.56. The third-order valence-electron chi connectivity index (χ3n) is 2.00. The zero-order valence-electron chi connectivity index (χ0n) is 8.43. The van der Waals surface area contributed by atoms with Gasteiger partial charge in [-0.25, -0.2) is 0 Å². The maximum atomic E-state index is 13.0. The van der Waals surface area contributed by atoms with E-state index in [9.17, 15) is 22.0 Å². The molecule has 0 aliphatic rings. The molecule has 0 saturated carbocycles. The Morgan fingerprint density at radius 1 is 1.29 bits per heavy atom. The van der Waals surface area contributed by atoms with Gasteiger partial charge in [0.25, 0.3) is 0 Å². The number of carbonyl (C=O) groups excluding carboxylic acids is 1. The number of benzene rings is 1. The maximum absolute atomic E-state index is 13.0. The van der Waals surface area contributed by atoms with E-state index >= 15 is 0 Å². The van der Waals surface area contributed by atoms with Gasteiger partial charge in [-0.05, 0) is 5.56 Å². The van der Waals surface area contributed by atoms with Crippen molar-refractivity contribution in [3.63, 3.8) is 0 Å². The molecular weight excluding hydrogens is 254 g/mol. The Bertz CT molecular complexity index is 546. The number of alkyl halides is 2. The summed E-state index contributed by atoms with van der Waals surface area (Å²) in [5, 5.41) is -4.84. The van der Waals surface area contributed by atoms with Crippen LogP contribution in [0.25, 0.3) is 6.08 Å². The number of carbonyl (C=O) groups is 1. The summed E-state index contributed by atoms with van der Waals surface area (Å²) >= 11 is 0. The number of ketones is 1. The summed E-state index contributed by atoms with van der Waals surface area (Å²) in [7, 11) is -5.77. The molecule has 4 nitrogen and oxygen atoms in total. The van der Waals surface area contributed by atoms with E-state index in [2.05, 4.69) is 6.58 Å². The fraction of sp³-hybridized carbons (Fsp3) is 0.100. The van der Waals surface area contributed by atoms with Crippen molar-refractivity contribution < 1.29 is 26.5 Å². The molecule has 0 aliphatic carbocycles. The summed E-state index contributed by atoms with van der Waals surface area (Å²) in [6, 6.07) is 4.69. The van der Waals surface area contributed by atoms with Crippen molar-refractivity contribution in [3.8, 4) is 0 Å². The molecule has 92 valence electrons. The summed E-state index contributed by atoms with van der Waals surface area (Å²) < 4.78 is 55.0. The van der Waals surface area contributed by atoms with Crippen molar-refractivity contribution in [1.29, 1.82) is 0 Å². The average molecular weight is 262 g/mol. The van der Waals surface area contributed by atoms with E-state index in [1.807, 2.05) is 0 Å². The number of halogens is 2. The normalized spacial score (nSPS) is 12.2. The molecule has 17 heavy (non-hydrogen) atoms. The monoisotopic (exact) mass is 262 g/mol. The molecule has 0 unspecified atom stereocenters. The van der Waals surface area contributed by atoms with Gasteiger partial charge in [0.1, 0.15) is 0 Å². The van der Waals surface area contributed by atoms with Gasteiger partial charge in [0.2, 0.25) is 5.78 Å². The van der Waals surface area contributed by atoms with E-state index in [-0.39, 0.29) is 0 Å². The molecule has 1 aromatic carbocycles. The van der Waals surface area contributed by atoms with Crippen molar-refractivity contribution in [2.45, 2.75) is 5.25 Å². The first-order chi connectivity index (χ1) is 7.70. The molecule has 1 rings (SSSR count). The molecule has 7 heteroatoms. The highest BCUT2D eigenvalue weighted by Gasteiger charge is 2.52. The van der Waals surface area contributed by atoms with Gasteiger partial charge in [-0.15, -0.1) is 0 Å². The highest BCUT2D eigenvalue weighted by Crippen LogP contribution is 2.25. The predicted octanol–water partition coefficient (Wildman–Crippen LogP) is 1.99. The maximum Gasteiger partial charge on any atom is 0.431 e. The molecule has 0 heterocycles. The molecule has 0 aromatic heterocycles. The Hall–Kier alpha value is -1.60. The fourth-order valence-corrected chi connectivity index (χ4v) is 1.41. The predicted molar refractivity (Wildman–Crippen MR) is 57.4 cm³/mol. The first-order valence-electron chi connectivity index (χ1n) is 4.32. The summed E-state index contributed by atoms with van der Waals surface area (Å²) in [4.78, 5) is 11.2. The summed E-state index contributed by atoms with van der Waals surface area (Å²) in [5.74, 6) is -1.98. The molecule has 1 aromatic rings. The largest absolute Gasteiger partial charge is 0.431 e. The lowest BCUT2D eigenvalue weighted by molar-refractivity contribution is 0.0492. The topological polar surface area (TPSA) is 71.4 Å². The van der Waals surface area contributed by atoms with Gasteiger partial charge in [-0.2, -0.15) is 17.2 Å². The second-order valence-corrected chi connectivity index (χ2v) is 4.61. The number of hydrogen-bond donors (Lipinski definition) is 1. The van der Waals surface area contributed by atoms with E-state index in [4.69, 9.17) is 4.55 Å². The van der Waals surface area contributed by atoms with Crippen LogP contribution in [-0.4, -0.2) is 24.0 Å². The van der Waals surface area contributed by atoms with Crippen molar-refractivity contribution >= 4 is 22.0 Å². The molecular formula is C10H8F2O4S. The average Bonchev–Trinajstić information content (AvgIpc) is 2.26. The summed E-state index contributed by atoms with van der Waals surface area (Å²) in [5.41, 5.74) is 0.0648. The van der Waals surface area contributed by atoms with Gasteiger partial charge in [0.05, 0.1) is 0 Å². The quantitative estimate of drug-likeness (QED) is 0.665. The minimum atomic E-state index is -5.77. The van der Waals surface area contributed by atoms with E-state index in [0.717, 1.165) is 12.1 Å². The standard InChI is InChI=1S/C10H8F2O4S/c1-2-7-3-5-8(6-4-7)9(13)10(11,12)17(14,15)16/h2-6H,1H2,(H,14,15,16). The van der Waals surface area contributed by atoms with Crippen LogP contribution in [0.15, 0.2) is 30.8 Å². The van der Waals surface area contributed by atoms with Crippen LogP contribution in [0.5, 0.6) is 0 Å². The SMILES string of the molecule is C=Cc1ccc(C(=O)C(F)(F)S(=O)(=O)O)cc1. The highest BCUT2D eigenvalue weighted by atomic mass is 32.2. The van der Waals surface area contributed by atoms with Crippen LogP contribution < -0.4 is 0 Å². The van der Waals surface area contributed by atoms with Gasteiger partial charge >= 0.3 is 15.4 Å². The molecule has 0 bridgehead atoms. The molecule has 0 atom stereocenters. The minimum Gasteiger partial charge on any atom is -0.286 e. The Kier molecular flexibility index (Phi) is 3.44. The Balaban J connectivity index is 3.17. The van der Waals surface area contributed by atoms with Gasteiger partial charge in [0.15, 0.2) is 0 Å². The van der Waals surface area contributed by atoms with Crippen LogP contribution in [0.4, 0.5) is 8.78 Å². The molecule has 0 aliphatic heterocycles. The Morgan fingerprint density at radius 2 is 1.76 bits per heavy atom. The third-order valence-corrected chi connectivity index (χ3v) is 2.83. The first-order valence-corrected chi connectivity index (χ1v) is 5.76. The van der Waals surface area contributed by atoms with Crippen LogP contribution in [0.1, 0.15) is 15.9 Å². The Morgan fingerprint density at radius 3 is 2.12 bits per heavy atom. The van der Waals surface area contributed by atoms with Crippen molar-refractivity contribution in [3.05, 3.63) is 42.0 Å². The summed E-state index contributed by atoms with van der Waals surface area (Å²) in [6.07, 6.45) is 1.43. The number of Topliss-reactive ketones (excluding diaryl/α,β-unsaturated/α-hetero) is 1. The fourth-order valence-electron chi connectivity index (χ4n) is 1.06. The molecule has 0 saturated heterocycles. The van der Waals surface area contributed by atoms with Crippen molar-refractivity contribution in [2.75, 3.05) is 0 Å². The van der Waals surface area contributed by atoms with Gasteiger partial charge in [-0.3, -0.25) is 9.35 Å². The smallest absolute Gasteiger partial charge is 0.286 e. The van der Waals surface area contributed by atoms with Crippen LogP contribution >= 0.6 is 0 Å². The van der Waals surface area contributed by atoms with Crippen molar-refractivity contribution in [1.82, 2.24) is 0 Å². The van der Waals surface area contributed by atoms with E-state index in [0.29, 0.717) is 5.56 Å². The second-order valence-electron chi connectivity index (χ2n) is 3.15. The zero-order chi connectivity index (χ0) is 13.3. The zero-order valence-corrected chi connectivity index (χ0v) is 9.25. The molecule has 0 radical (unpaired) electrons. The lowest BCUT2D eigenvalue weighted by atomic mass is 10.1. The van der Waals surface area contributed by atoms with Gasteiger partial charge in [0, 0.05) is 5.56 Å². The van der Waals surface area contributed by atoms with Crippen molar-refractivity contribution in [2.24, 2.45) is 0 Å². The molecule has 0 fully saturated rings. The van der Waals surface area contributed by atoms with E-state index < -0.39 is 26.7 Å². The van der Waals surface area contributed by atoms with Gasteiger partial charge in [-0.1, -0.05) is 36.9 Å². The van der Waals surface area contributed by atoms with E-state index in [1.54, 1.807) is 0 Å². The Labute approximate surface area is 96.3 Å². The molecule has 1 N–H and O–H groups in total. The van der Waals surface area contributed by atoms with Crippen LogP contribution in [-0.2, 0) is 10.1 Å². The van der Waals surface area contributed by atoms with Gasteiger partial charge < -0.3 is 0 Å². The minimum absolute atomic E-state index is 0.516. The lowest BCUT2D eigenvalue weighted by Gasteiger charge is -2.11. The number of rotatable bonds is 4. The van der Waals surface area contributed by atoms with Crippen LogP contribution in [0, 0.1) is 0 Å². The van der Waals surface area contributed by atoms with Crippen LogP contribution in [0.2, 0.25) is 0 Å². The first kappa shape index (κ1) is 13.5. The number of hydrogen-bond acceptors (Lipinski definition) is 3. The molecule has 0 amide bonds. The highest BCUT2D eigenvalue weighted by molar-refractivity contribution is 7.87. The summed E-state index contributed by atoms with van der Waals surface area (Å²) in [6.45, 7) is 3.42. The van der Waals surface area contributed by atoms with E-state index in [1.165, 1.54) is 18.2 Å².